The molecule has 6 heteroatoms. The second-order valence-electron chi connectivity index (χ2n) is 7.93. The monoisotopic (exact) mass is 420 g/mol. The highest BCUT2D eigenvalue weighted by molar-refractivity contribution is 5.95. The van der Waals surface area contributed by atoms with Crippen molar-refractivity contribution >= 4 is 5.97 Å². The predicted molar refractivity (Wildman–Crippen MR) is 122 cm³/mol. The zero-order valence-corrected chi connectivity index (χ0v) is 18.5. The van der Waals surface area contributed by atoms with Gasteiger partial charge in [0.1, 0.15) is 5.82 Å². The van der Waals surface area contributed by atoms with Crippen LogP contribution in [0.15, 0.2) is 42.7 Å². The van der Waals surface area contributed by atoms with Gasteiger partial charge in [-0.05, 0) is 35.6 Å². The maximum Gasteiger partial charge on any atom is 0.337 e. The van der Waals surface area contributed by atoms with Crippen LogP contribution >= 0.6 is 0 Å². The van der Waals surface area contributed by atoms with Crippen molar-refractivity contribution in [2.75, 3.05) is 0 Å². The molecule has 0 fully saturated rings. The van der Waals surface area contributed by atoms with Crippen LogP contribution in [0.2, 0.25) is 0 Å². The Morgan fingerprint density at radius 2 is 1.74 bits per heavy atom. The lowest BCUT2D eigenvalue weighted by molar-refractivity contribution is 0.0697. The first-order valence-electron chi connectivity index (χ1n) is 11.3. The highest BCUT2D eigenvalue weighted by Gasteiger charge is 2.13. The maximum atomic E-state index is 11.5. The lowest BCUT2D eigenvalue weighted by Gasteiger charge is -2.08. The van der Waals surface area contributed by atoms with Crippen molar-refractivity contribution in [2.45, 2.75) is 71.8 Å². The van der Waals surface area contributed by atoms with Crippen LogP contribution in [0.25, 0.3) is 11.1 Å². The molecule has 31 heavy (non-hydrogen) atoms. The first kappa shape index (κ1) is 22.7. The molecule has 1 aromatic carbocycles. The van der Waals surface area contributed by atoms with Crippen molar-refractivity contribution in [1.82, 2.24) is 19.7 Å². The molecule has 2 heterocycles. The Bertz CT molecular complexity index is 979. The molecule has 164 valence electrons. The number of hydrogen-bond donors (Lipinski definition) is 1. The van der Waals surface area contributed by atoms with Crippen LogP contribution in [0, 0.1) is 0 Å². The van der Waals surface area contributed by atoms with E-state index in [4.69, 9.17) is 10.1 Å². The molecular weight excluding hydrogens is 388 g/mol. The van der Waals surface area contributed by atoms with Gasteiger partial charge in [0.15, 0.2) is 5.82 Å². The number of carboxylic acid groups (broad SMARTS) is 1. The summed E-state index contributed by atoms with van der Waals surface area (Å²) in [5.74, 6) is 0.980. The second-order valence-corrected chi connectivity index (χ2v) is 7.93. The molecule has 3 aromatic rings. The summed E-state index contributed by atoms with van der Waals surface area (Å²) in [6, 6.07) is 9.77. The summed E-state index contributed by atoms with van der Waals surface area (Å²) in [6.45, 7) is 5.32. The minimum Gasteiger partial charge on any atom is -0.478 e. The molecule has 0 saturated heterocycles. The molecule has 0 radical (unpaired) electrons. The Hall–Kier alpha value is -3.02. The van der Waals surface area contributed by atoms with E-state index in [1.165, 1.54) is 31.9 Å². The molecule has 0 spiro atoms. The third kappa shape index (κ3) is 6.23. The zero-order chi connectivity index (χ0) is 22.1. The van der Waals surface area contributed by atoms with Gasteiger partial charge in [-0.15, -0.1) is 0 Å². The quantitative estimate of drug-likeness (QED) is 0.388. The number of rotatable bonds is 12. The third-order valence-corrected chi connectivity index (χ3v) is 5.45. The highest BCUT2D eigenvalue weighted by atomic mass is 16.4. The Kier molecular flexibility index (Phi) is 8.33. The molecule has 0 unspecified atom stereocenters. The molecule has 3 rings (SSSR count). The zero-order valence-electron chi connectivity index (χ0n) is 18.5. The Balaban J connectivity index is 1.77. The summed E-state index contributed by atoms with van der Waals surface area (Å²) in [6.07, 6.45) is 11.7. The number of unbranched alkanes of at least 4 members (excludes halogenated alkanes) is 4. The van der Waals surface area contributed by atoms with Crippen LogP contribution in [0.3, 0.4) is 0 Å². The van der Waals surface area contributed by atoms with E-state index < -0.39 is 5.97 Å². The van der Waals surface area contributed by atoms with Crippen LogP contribution < -0.4 is 0 Å². The fourth-order valence-electron chi connectivity index (χ4n) is 3.69. The van der Waals surface area contributed by atoms with Gasteiger partial charge in [-0.1, -0.05) is 63.8 Å². The number of benzene rings is 1. The Morgan fingerprint density at radius 1 is 1.00 bits per heavy atom. The van der Waals surface area contributed by atoms with Gasteiger partial charge in [-0.3, -0.25) is 4.98 Å². The molecule has 1 N–H and O–H groups in total. The molecule has 0 aliphatic heterocycles. The van der Waals surface area contributed by atoms with Crippen LogP contribution in [0.1, 0.15) is 79.9 Å². The number of hydrogen-bond acceptors (Lipinski definition) is 4. The number of aromatic nitrogens is 4. The van der Waals surface area contributed by atoms with Crippen molar-refractivity contribution in [2.24, 2.45) is 0 Å². The number of nitrogens with zero attached hydrogens (tertiary/aromatic N) is 4. The van der Waals surface area contributed by atoms with Crippen molar-refractivity contribution in [3.8, 4) is 11.1 Å². The molecule has 6 nitrogen and oxygen atoms in total. The Labute approximate surface area is 184 Å². The molecule has 0 atom stereocenters. The van der Waals surface area contributed by atoms with Crippen LogP contribution in [-0.4, -0.2) is 30.8 Å². The number of aryl methyl sites for hydroxylation is 2. The van der Waals surface area contributed by atoms with E-state index in [0.29, 0.717) is 5.56 Å². The van der Waals surface area contributed by atoms with E-state index in [2.05, 4.69) is 23.5 Å². The van der Waals surface area contributed by atoms with Crippen molar-refractivity contribution in [1.29, 1.82) is 0 Å². The van der Waals surface area contributed by atoms with Gasteiger partial charge in [0.05, 0.1) is 5.56 Å². The summed E-state index contributed by atoms with van der Waals surface area (Å²) >= 11 is 0. The molecule has 0 amide bonds. The van der Waals surface area contributed by atoms with E-state index in [0.717, 1.165) is 55.0 Å². The summed E-state index contributed by atoms with van der Waals surface area (Å²) in [5.41, 5.74) is 2.89. The number of pyridine rings is 1. The number of carboxylic acids is 1. The van der Waals surface area contributed by atoms with Crippen molar-refractivity contribution in [3.05, 3.63) is 65.5 Å². The summed E-state index contributed by atoms with van der Waals surface area (Å²) in [5, 5.41) is 14.2. The average molecular weight is 421 g/mol. The minimum absolute atomic E-state index is 0.211. The molecule has 0 aliphatic rings. The molecule has 2 aromatic heterocycles. The average Bonchev–Trinajstić information content (AvgIpc) is 3.16. The fraction of sp³-hybridized carbons (Fsp3) is 0.440. The van der Waals surface area contributed by atoms with Gasteiger partial charge >= 0.3 is 5.97 Å². The number of aromatic carboxylic acids is 1. The van der Waals surface area contributed by atoms with Gasteiger partial charge < -0.3 is 5.11 Å². The lowest BCUT2D eigenvalue weighted by atomic mass is 10.00. The smallest absolute Gasteiger partial charge is 0.337 e. The summed E-state index contributed by atoms with van der Waals surface area (Å²) in [7, 11) is 0. The SMILES string of the molecule is CCCCCc1nc(Cc2ccc(-c3ccncc3C(=O)O)cc2)n(CCCCC)n1. The van der Waals surface area contributed by atoms with E-state index in [1.807, 2.05) is 24.3 Å². The molecular formula is C25H32N4O2. The summed E-state index contributed by atoms with van der Waals surface area (Å²) < 4.78 is 2.08. The standard InChI is InChI=1S/C25H32N4O2/c1-3-5-7-9-23-27-24(29(28-23)16-8-6-4-2)17-19-10-12-20(13-11-19)21-14-15-26-18-22(21)25(30)31/h10-15,18H,3-9,16-17H2,1-2H3,(H,30,31). The first-order valence-corrected chi connectivity index (χ1v) is 11.3. The molecule has 0 bridgehead atoms. The van der Waals surface area contributed by atoms with Gasteiger partial charge in [-0.25, -0.2) is 14.5 Å². The maximum absolute atomic E-state index is 11.5. The predicted octanol–water partition coefficient (Wildman–Crippen LogP) is 5.55. The van der Waals surface area contributed by atoms with E-state index in [-0.39, 0.29) is 5.56 Å². The van der Waals surface area contributed by atoms with Gasteiger partial charge in [0.25, 0.3) is 0 Å². The van der Waals surface area contributed by atoms with Crippen LogP contribution in [0.5, 0.6) is 0 Å². The van der Waals surface area contributed by atoms with Crippen molar-refractivity contribution in [3.63, 3.8) is 0 Å². The molecule has 0 saturated carbocycles. The third-order valence-electron chi connectivity index (χ3n) is 5.45. The van der Waals surface area contributed by atoms with Gasteiger partial charge in [0.2, 0.25) is 0 Å². The van der Waals surface area contributed by atoms with E-state index in [9.17, 15) is 9.90 Å². The molecule has 0 aliphatic carbocycles. The van der Waals surface area contributed by atoms with Gasteiger partial charge in [-0.2, -0.15) is 5.10 Å². The highest BCUT2D eigenvalue weighted by Crippen LogP contribution is 2.24. The normalized spacial score (nSPS) is 11.0. The minimum atomic E-state index is -0.969. The van der Waals surface area contributed by atoms with Crippen LogP contribution in [-0.2, 0) is 19.4 Å². The first-order chi connectivity index (χ1) is 15.1. The lowest BCUT2D eigenvalue weighted by Crippen LogP contribution is -2.07. The Morgan fingerprint density at radius 3 is 2.45 bits per heavy atom. The topological polar surface area (TPSA) is 80.9 Å². The van der Waals surface area contributed by atoms with Gasteiger partial charge in [0, 0.05) is 31.8 Å². The fourth-order valence-corrected chi connectivity index (χ4v) is 3.69. The van der Waals surface area contributed by atoms with Crippen LogP contribution in [0.4, 0.5) is 0 Å². The number of carbonyl (C=O) groups is 1. The van der Waals surface area contributed by atoms with Crippen molar-refractivity contribution < 1.29 is 9.90 Å². The largest absolute Gasteiger partial charge is 0.478 e. The van der Waals surface area contributed by atoms with E-state index in [1.54, 1.807) is 12.3 Å². The van der Waals surface area contributed by atoms with E-state index >= 15 is 0 Å². The second kappa shape index (κ2) is 11.4. The summed E-state index contributed by atoms with van der Waals surface area (Å²) in [4.78, 5) is 20.3.